The van der Waals surface area contributed by atoms with Crippen molar-refractivity contribution in [2.45, 2.75) is 45.1 Å². The summed E-state index contributed by atoms with van der Waals surface area (Å²) in [5.41, 5.74) is 6.91. The summed E-state index contributed by atoms with van der Waals surface area (Å²) in [6.07, 6.45) is 3.82. The lowest BCUT2D eigenvalue weighted by molar-refractivity contribution is 0.487. The van der Waals surface area contributed by atoms with E-state index in [2.05, 4.69) is 0 Å². The fourth-order valence-corrected chi connectivity index (χ4v) is 4.18. The van der Waals surface area contributed by atoms with Gasteiger partial charge in [-0.25, -0.2) is 9.18 Å². The van der Waals surface area contributed by atoms with Crippen LogP contribution in [0.25, 0.3) is 5.52 Å². The molecule has 1 saturated carbocycles. The third-order valence-corrected chi connectivity index (χ3v) is 5.81. The average molecular weight is 361 g/mol. The fourth-order valence-electron chi connectivity index (χ4n) is 4.18. The van der Waals surface area contributed by atoms with Crippen LogP contribution >= 0.6 is 0 Å². The van der Waals surface area contributed by atoms with Gasteiger partial charge in [-0.15, -0.1) is 0 Å². The smallest absolute Gasteiger partial charge is 0.354 e. The summed E-state index contributed by atoms with van der Waals surface area (Å²) in [6.45, 7) is 5.12. The summed E-state index contributed by atoms with van der Waals surface area (Å²) in [6, 6.07) is 0.0397. The number of fused-ring (bicyclic) bond motifs is 1. The van der Waals surface area contributed by atoms with Crippen molar-refractivity contribution in [3.63, 3.8) is 0 Å². The molecule has 2 fully saturated rings. The summed E-state index contributed by atoms with van der Waals surface area (Å²) in [5, 5.41) is 0. The largest absolute Gasteiger partial charge is 0.368 e. The molecule has 2 aliphatic rings. The molecular formula is C18H24FN5O2. The third kappa shape index (κ3) is 2.43. The monoisotopic (exact) mass is 361 g/mol. The van der Waals surface area contributed by atoms with E-state index in [1.165, 1.54) is 4.40 Å². The highest BCUT2D eigenvalue weighted by Crippen LogP contribution is 2.42. The first kappa shape index (κ1) is 17.1. The third-order valence-electron chi connectivity index (χ3n) is 5.81. The predicted octanol–water partition coefficient (Wildman–Crippen LogP) is 0.673. The number of aryl methyl sites for hydroxylation is 1. The van der Waals surface area contributed by atoms with Crippen LogP contribution in [0, 0.1) is 18.7 Å². The molecule has 0 radical (unpaired) electrons. The number of halogens is 1. The molecular weight excluding hydrogens is 337 g/mol. The van der Waals surface area contributed by atoms with Crippen molar-refractivity contribution in [2.75, 3.05) is 23.8 Å². The Labute approximate surface area is 150 Å². The van der Waals surface area contributed by atoms with Gasteiger partial charge in [0.1, 0.15) is 0 Å². The molecule has 1 unspecified atom stereocenters. The quantitative estimate of drug-likeness (QED) is 0.783. The van der Waals surface area contributed by atoms with Crippen LogP contribution in [0.5, 0.6) is 0 Å². The summed E-state index contributed by atoms with van der Waals surface area (Å²) in [4.78, 5) is 27.0. The predicted molar refractivity (Wildman–Crippen MR) is 98.7 cm³/mol. The van der Waals surface area contributed by atoms with E-state index in [9.17, 15) is 14.0 Å². The number of hydrogen-bond donors (Lipinski definition) is 2. The molecule has 4 N–H and O–H groups in total. The Bertz CT molecular complexity index is 1010. The highest BCUT2D eigenvalue weighted by molar-refractivity contribution is 5.72. The highest BCUT2D eigenvalue weighted by Gasteiger charge is 2.34. The zero-order chi connectivity index (χ0) is 18.7. The van der Waals surface area contributed by atoms with Crippen molar-refractivity contribution >= 4 is 11.2 Å². The molecule has 0 spiro atoms. The number of pyridine rings is 1. The summed E-state index contributed by atoms with van der Waals surface area (Å²) >= 11 is 0. The molecule has 2 atom stereocenters. The lowest BCUT2D eigenvalue weighted by Gasteiger charge is -2.24. The first-order valence-electron chi connectivity index (χ1n) is 9.07. The number of nitrogen functional groups attached to an aromatic ring is 1. The van der Waals surface area contributed by atoms with E-state index in [1.54, 1.807) is 6.92 Å². The van der Waals surface area contributed by atoms with Gasteiger partial charge in [0.05, 0.1) is 17.4 Å². The van der Waals surface area contributed by atoms with Gasteiger partial charge in [-0.1, -0.05) is 0 Å². The van der Waals surface area contributed by atoms with Crippen LogP contribution < -0.4 is 27.7 Å². The van der Waals surface area contributed by atoms with Crippen molar-refractivity contribution in [3.8, 4) is 0 Å². The Morgan fingerprint density at radius 3 is 2.54 bits per heavy atom. The normalized spacial score (nSPS) is 21.5. The van der Waals surface area contributed by atoms with Crippen LogP contribution in [0.4, 0.5) is 10.1 Å². The van der Waals surface area contributed by atoms with Crippen molar-refractivity contribution in [1.29, 1.82) is 0 Å². The second-order valence-electron chi connectivity index (χ2n) is 7.67. The number of rotatable bonds is 3. The number of anilines is 1. The van der Waals surface area contributed by atoms with Gasteiger partial charge in [0, 0.05) is 30.3 Å². The number of aromatic nitrogens is 2. The molecule has 1 saturated heterocycles. The summed E-state index contributed by atoms with van der Waals surface area (Å²) in [7, 11) is 0. The molecule has 1 aliphatic carbocycles. The van der Waals surface area contributed by atoms with Crippen LogP contribution in [0.15, 0.2) is 15.8 Å². The van der Waals surface area contributed by atoms with Crippen LogP contribution in [0.2, 0.25) is 0 Å². The van der Waals surface area contributed by atoms with E-state index in [1.807, 2.05) is 11.8 Å². The Hall–Kier alpha value is -2.35. The minimum Gasteiger partial charge on any atom is -0.368 e. The van der Waals surface area contributed by atoms with E-state index in [4.69, 9.17) is 11.6 Å². The van der Waals surface area contributed by atoms with Gasteiger partial charge in [0.2, 0.25) is 0 Å². The van der Waals surface area contributed by atoms with Crippen molar-refractivity contribution in [1.82, 2.24) is 9.08 Å². The Morgan fingerprint density at radius 2 is 1.96 bits per heavy atom. The molecule has 140 valence electrons. The topological polar surface area (TPSA) is 98.8 Å². The van der Waals surface area contributed by atoms with E-state index in [0.29, 0.717) is 46.0 Å². The highest BCUT2D eigenvalue weighted by atomic mass is 19.1. The average Bonchev–Trinajstić information content (AvgIpc) is 3.30. The minimum absolute atomic E-state index is 0.0397. The molecule has 4 rings (SSSR count). The Kier molecular flexibility index (Phi) is 3.83. The molecule has 0 amide bonds. The van der Waals surface area contributed by atoms with Gasteiger partial charge >= 0.3 is 5.69 Å². The Balaban J connectivity index is 1.97. The van der Waals surface area contributed by atoms with E-state index in [-0.39, 0.29) is 12.0 Å². The molecule has 2 aromatic heterocycles. The number of nitrogens with two attached hydrogens (primary N) is 2. The van der Waals surface area contributed by atoms with Crippen LogP contribution in [-0.4, -0.2) is 28.2 Å². The van der Waals surface area contributed by atoms with Crippen molar-refractivity contribution in [3.05, 3.63) is 44.0 Å². The van der Waals surface area contributed by atoms with Gasteiger partial charge in [-0.2, -0.15) is 4.68 Å². The summed E-state index contributed by atoms with van der Waals surface area (Å²) in [5.74, 6) is 5.55. The minimum atomic E-state index is -0.724. The van der Waals surface area contributed by atoms with Crippen molar-refractivity contribution in [2.24, 2.45) is 11.7 Å². The zero-order valence-electron chi connectivity index (χ0n) is 15.0. The van der Waals surface area contributed by atoms with Gasteiger partial charge in [-0.05, 0) is 44.9 Å². The number of hydrogen-bond acceptors (Lipinski definition) is 5. The lowest BCUT2D eigenvalue weighted by atomic mass is 10.0. The maximum atomic E-state index is 15.0. The first-order valence-corrected chi connectivity index (χ1v) is 9.07. The molecule has 0 bridgehead atoms. The molecule has 8 heteroatoms. The summed E-state index contributed by atoms with van der Waals surface area (Å²) < 4.78 is 16.7. The van der Waals surface area contributed by atoms with Crippen LogP contribution in [-0.2, 0) is 0 Å². The maximum absolute atomic E-state index is 15.0. The standard InChI is InChI=1S/C18H24FN5O2/c1-9-15(22-6-5-12(7-22)10(2)20)13(19)8-23-16(9)14(11-3-4-11)17(25)24(21)18(23)26/h8,10-12H,3-7,20-21H2,1-2H3/t10-,12?/m1/s1. The first-order chi connectivity index (χ1) is 12.3. The molecule has 3 heterocycles. The second kappa shape index (κ2) is 5.84. The molecule has 0 aromatic carbocycles. The molecule has 1 aliphatic heterocycles. The fraction of sp³-hybridized carbons (Fsp3) is 0.556. The van der Waals surface area contributed by atoms with Crippen LogP contribution in [0.3, 0.4) is 0 Å². The van der Waals surface area contributed by atoms with Crippen molar-refractivity contribution < 1.29 is 4.39 Å². The second-order valence-corrected chi connectivity index (χ2v) is 7.67. The molecule has 7 nitrogen and oxygen atoms in total. The van der Waals surface area contributed by atoms with Gasteiger partial charge in [0.15, 0.2) is 5.82 Å². The van der Waals surface area contributed by atoms with Gasteiger partial charge < -0.3 is 16.5 Å². The van der Waals surface area contributed by atoms with Gasteiger partial charge in [-0.3, -0.25) is 9.20 Å². The molecule has 26 heavy (non-hydrogen) atoms. The maximum Gasteiger partial charge on any atom is 0.354 e. The van der Waals surface area contributed by atoms with Gasteiger partial charge in [0.25, 0.3) is 5.56 Å². The molecule has 2 aromatic rings. The van der Waals surface area contributed by atoms with E-state index >= 15 is 0 Å². The van der Waals surface area contributed by atoms with E-state index in [0.717, 1.165) is 25.5 Å². The lowest BCUT2D eigenvalue weighted by Crippen LogP contribution is -2.44. The number of nitrogens with zero attached hydrogens (tertiary/aromatic N) is 3. The van der Waals surface area contributed by atoms with E-state index < -0.39 is 17.1 Å². The zero-order valence-corrected chi connectivity index (χ0v) is 15.0. The van der Waals surface area contributed by atoms with Crippen LogP contribution in [0.1, 0.15) is 43.2 Å². The SMILES string of the molecule is Cc1c(N2CCC([C@@H](C)N)C2)c(F)cn2c(=O)n(N)c(=O)c(C3CC3)c12. The Morgan fingerprint density at radius 1 is 1.27 bits per heavy atom.